The molecule has 0 bridgehead atoms. The molecule has 10 rings (SSSR count). The Bertz CT molecular complexity index is 3140. The maximum absolute atomic E-state index is 9.37. The molecule has 322 valence electrons. The van der Waals surface area contributed by atoms with Crippen LogP contribution in [0.2, 0.25) is 0 Å². The van der Waals surface area contributed by atoms with E-state index in [2.05, 4.69) is 70.6 Å². The quantitative estimate of drug-likeness (QED) is 0.180. The third-order valence-corrected chi connectivity index (χ3v) is 9.56. The molecular weight excluding hydrogens is 838 g/mol. The predicted molar refractivity (Wildman–Crippen MR) is 237 cm³/mol. The van der Waals surface area contributed by atoms with E-state index in [4.69, 9.17) is 9.72 Å². The monoisotopic (exact) mass is 877 g/mol. The molecule has 0 saturated carbocycles. The summed E-state index contributed by atoms with van der Waals surface area (Å²) >= 11 is 0. The number of likely N-dealkylation sites (N-methyl/N-ethyl adjacent to an activating group) is 1. The van der Waals surface area contributed by atoms with Crippen molar-refractivity contribution in [3.63, 3.8) is 0 Å². The van der Waals surface area contributed by atoms with Crippen LogP contribution in [-0.2, 0) is 27.2 Å². The lowest BCUT2D eigenvalue weighted by Crippen LogP contribution is -2.19. The lowest BCUT2D eigenvalue weighted by atomic mass is 10.1. The van der Waals surface area contributed by atoms with Crippen LogP contribution in [0.1, 0.15) is 11.1 Å². The van der Waals surface area contributed by atoms with Gasteiger partial charge in [0.05, 0.1) is 74.1 Å². The predicted octanol–water partition coefficient (Wildman–Crippen LogP) is 4.32. The fourth-order valence-corrected chi connectivity index (χ4v) is 6.43. The van der Waals surface area contributed by atoms with Crippen molar-refractivity contribution in [2.45, 2.75) is 13.1 Å². The van der Waals surface area contributed by atoms with Gasteiger partial charge >= 0.3 is 0 Å². The van der Waals surface area contributed by atoms with Gasteiger partial charge in [-0.05, 0) is 37.4 Å². The topological polar surface area (TPSA) is 233 Å². The Morgan fingerprint density at radius 3 is 1.53 bits per heavy atom. The summed E-state index contributed by atoms with van der Waals surface area (Å²) in [7, 11) is 7.73. The minimum absolute atomic E-state index is 0. The zero-order chi connectivity index (χ0) is 43.3. The molecule has 10 aromatic rings. The third kappa shape index (κ3) is 9.80. The Labute approximate surface area is 371 Å². The molecule has 0 fully saturated rings. The van der Waals surface area contributed by atoms with Gasteiger partial charge in [-0.1, -0.05) is 46.8 Å². The van der Waals surface area contributed by atoms with Crippen molar-refractivity contribution in [1.29, 1.82) is 0 Å². The first-order valence-electron chi connectivity index (χ1n) is 19.6. The Balaban J connectivity index is 0.000000174. The van der Waals surface area contributed by atoms with Crippen molar-refractivity contribution in [1.82, 2.24) is 94.3 Å². The molecule has 0 saturated heterocycles. The van der Waals surface area contributed by atoms with Gasteiger partial charge in [0.25, 0.3) is 0 Å². The number of fused-ring (bicyclic) bond motifs is 2. The van der Waals surface area contributed by atoms with Gasteiger partial charge in [0.15, 0.2) is 34.4 Å². The van der Waals surface area contributed by atoms with E-state index in [1.807, 2.05) is 89.1 Å². The Morgan fingerprint density at radius 2 is 1.08 bits per heavy atom. The van der Waals surface area contributed by atoms with Crippen LogP contribution in [0.25, 0.3) is 67.9 Å². The number of ether oxygens (including phenoxy) is 1. The summed E-state index contributed by atoms with van der Waals surface area (Å²) in [5, 5.41) is 34.5. The Hall–Kier alpha value is -8.17. The smallest absolute Gasteiger partial charge is 0.221 e. The average molecular weight is 878 g/mol. The maximum Gasteiger partial charge on any atom is 0.221 e. The second kappa shape index (κ2) is 18.8. The number of benzene rings is 2. The fourth-order valence-electron chi connectivity index (χ4n) is 6.43. The van der Waals surface area contributed by atoms with Crippen LogP contribution in [-0.4, -0.2) is 127 Å². The molecule has 0 radical (unpaired) electrons. The molecule has 1 N–H and O–H groups in total. The average Bonchev–Trinajstić information content (AvgIpc) is 4.12. The molecule has 0 aliphatic rings. The Kier molecular flexibility index (Phi) is 12.5. The van der Waals surface area contributed by atoms with E-state index in [1.165, 1.54) is 12.4 Å². The summed E-state index contributed by atoms with van der Waals surface area (Å²) in [6.45, 7) is 2.37. The molecule has 8 aromatic heterocycles. The van der Waals surface area contributed by atoms with Gasteiger partial charge in [0, 0.05) is 55.3 Å². The SMILES string of the molecule is CN(C)CCOc1cnc(-c2cccc(Cn3nnc4ncc(-c5cnn(C)c5)nc43)c2)nc1.Cl.Cn1cc(-c2cnc3nnn(Cc4cccc(-c5ncc(O)cn5)c4)c3n2)cn1. The van der Waals surface area contributed by atoms with Crippen molar-refractivity contribution in [2.24, 2.45) is 14.1 Å². The highest BCUT2D eigenvalue weighted by molar-refractivity contribution is 5.85. The number of hydrogen-bond acceptors (Lipinski definition) is 17. The van der Waals surface area contributed by atoms with Crippen LogP contribution >= 0.6 is 12.4 Å². The van der Waals surface area contributed by atoms with Gasteiger partial charge in [-0.15, -0.1) is 22.6 Å². The summed E-state index contributed by atoms with van der Waals surface area (Å²) in [5.74, 6) is 1.84. The van der Waals surface area contributed by atoms with Crippen LogP contribution in [0, 0.1) is 0 Å². The van der Waals surface area contributed by atoms with Crippen molar-refractivity contribution in [3.05, 3.63) is 122 Å². The van der Waals surface area contributed by atoms with Crippen LogP contribution in [0.15, 0.2) is 110 Å². The molecule has 0 amide bonds. The van der Waals surface area contributed by atoms with Gasteiger partial charge in [-0.25, -0.2) is 49.2 Å². The summed E-state index contributed by atoms with van der Waals surface area (Å²) in [4.78, 5) is 37.5. The van der Waals surface area contributed by atoms with E-state index >= 15 is 0 Å². The molecule has 64 heavy (non-hydrogen) atoms. The largest absolute Gasteiger partial charge is 0.505 e. The van der Waals surface area contributed by atoms with Gasteiger partial charge in [0.1, 0.15) is 6.61 Å². The number of aromatic nitrogens is 18. The van der Waals surface area contributed by atoms with Gasteiger partial charge in [-0.3, -0.25) is 9.36 Å². The van der Waals surface area contributed by atoms with Gasteiger partial charge < -0.3 is 14.7 Å². The van der Waals surface area contributed by atoms with Crippen LogP contribution < -0.4 is 4.74 Å². The number of hydrogen-bond donors (Lipinski definition) is 1. The molecule has 21 nitrogen and oxygen atoms in total. The van der Waals surface area contributed by atoms with Crippen molar-refractivity contribution < 1.29 is 9.84 Å². The number of nitrogens with zero attached hydrogens (tertiary/aromatic N) is 19. The van der Waals surface area contributed by atoms with Crippen LogP contribution in [0.4, 0.5) is 0 Å². The molecule has 22 heteroatoms. The van der Waals surface area contributed by atoms with E-state index < -0.39 is 0 Å². The summed E-state index contributed by atoms with van der Waals surface area (Å²) < 4.78 is 12.6. The molecular formula is C42H40ClN19O2. The van der Waals surface area contributed by atoms with E-state index in [1.54, 1.807) is 55.9 Å². The molecule has 0 aliphatic carbocycles. The molecule has 0 spiro atoms. The van der Waals surface area contributed by atoms with E-state index in [0.29, 0.717) is 65.4 Å². The molecule has 0 aliphatic heterocycles. The van der Waals surface area contributed by atoms with E-state index in [-0.39, 0.29) is 18.2 Å². The zero-order valence-electron chi connectivity index (χ0n) is 35.0. The van der Waals surface area contributed by atoms with Crippen molar-refractivity contribution >= 4 is 35.0 Å². The third-order valence-electron chi connectivity index (χ3n) is 9.56. The lowest BCUT2D eigenvalue weighted by Gasteiger charge is -2.10. The Morgan fingerprint density at radius 1 is 0.594 bits per heavy atom. The molecule has 2 aromatic carbocycles. The molecule has 0 unspecified atom stereocenters. The number of rotatable bonds is 12. The lowest BCUT2D eigenvalue weighted by molar-refractivity contribution is 0.260. The minimum Gasteiger partial charge on any atom is -0.505 e. The van der Waals surface area contributed by atoms with Crippen molar-refractivity contribution in [3.8, 4) is 56.8 Å². The van der Waals surface area contributed by atoms with Crippen molar-refractivity contribution in [2.75, 3.05) is 27.2 Å². The van der Waals surface area contributed by atoms with E-state index in [9.17, 15) is 5.11 Å². The number of aryl methyl sites for hydroxylation is 2. The van der Waals surface area contributed by atoms with Gasteiger partial charge in [-0.2, -0.15) is 10.2 Å². The first kappa shape index (κ1) is 42.5. The minimum atomic E-state index is 0. The number of halogens is 1. The summed E-state index contributed by atoms with van der Waals surface area (Å²) in [5.41, 5.74) is 9.14. The van der Waals surface area contributed by atoms with Gasteiger partial charge in [0.2, 0.25) is 11.3 Å². The maximum atomic E-state index is 9.37. The summed E-state index contributed by atoms with van der Waals surface area (Å²) in [6.07, 6.45) is 16.8. The molecule has 0 atom stereocenters. The normalized spacial score (nSPS) is 11.1. The fraction of sp³-hybridized carbons (Fsp3) is 0.190. The van der Waals surface area contributed by atoms with Crippen LogP contribution in [0.5, 0.6) is 11.5 Å². The second-order valence-corrected chi connectivity index (χ2v) is 14.7. The van der Waals surface area contributed by atoms with E-state index in [0.717, 1.165) is 45.6 Å². The first-order chi connectivity index (χ1) is 30.7. The first-order valence-corrected chi connectivity index (χ1v) is 19.6. The zero-order valence-corrected chi connectivity index (χ0v) is 35.8. The highest BCUT2D eigenvalue weighted by Crippen LogP contribution is 2.23. The number of aromatic hydroxyl groups is 1. The molecule has 8 heterocycles. The summed E-state index contributed by atoms with van der Waals surface area (Å²) in [6, 6.07) is 15.8. The standard InChI is InChI=1S/C23H24N10O.C19H15N9O.ClH/c1-31(2)7-8-34-19-11-24-21(25-12-19)17-6-4-5-16(9-17)14-33-23-22(29-30-33)26-13-20(28-23)18-10-27-32(3)15-18;1-27-11-14(6-23-27)16-9-22-18-19(24-16)28(26-25-18)10-12-3-2-4-13(5-12)17-20-7-15(29)8-21-17;/h4-6,9-13,15H,7-8,14H2,1-3H3;2-9,11,29H,10H2,1H3;1H. The highest BCUT2D eigenvalue weighted by atomic mass is 35.5. The van der Waals surface area contributed by atoms with Crippen LogP contribution in [0.3, 0.4) is 0 Å². The second-order valence-electron chi connectivity index (χ2n) is 14.7. The highest BCUT2D eigenvalue weighted by Gasteiger charge is 2.14.